The minimum absolute atomic E-state index is 0.174. The van der Waals surface area contributed by atoms with Crippen LogP contribution >= 0.6 is 0 Å². The highest BCUT2D eigenvalue weighted by atomic mass is 16.6. The van der Waals surface area contributed by atoms with Crippen LogP contribution in [0.2, 0.25) is 0 Å². The lowest BCUT2D eigenvalue weighted by Crippen LogP contribution is -2.00. The van der Waals surface area contributed by atoms with Crippen LogP contribution in [-0.4, -0.2) is 12.0 Å². The van der Waals surface area contributed by atoms with E-state index in [-0.39, 0.29) is 23.6 Å². The van der Waals surface area contributed by atoms with Gasteiger partial charge in [-0.3, -0.25) is 10.1 Å². The second kappa shape index (κ2) is 9.67. The molecule has 0 saturated heterocycles. The van der Waals surface area contributed by atoms with E-state index < -0.39 is 4.92 Å². The van der Waals surface area contributed by atoms with Crippen molar-refractivity contribution in [2.75, 3.05) is 7.11 Å². The quantitative estimate of drug-likeness (QED) is 0.145. The maximum Gasteiger partial charge on any atom is 0.280 e. The second-order valence-electron chi connectivity index (χ2n) is 7.33. The lowest BCUT2D eigenvalue weighted by Gasteiger charge is -2.12. The third-order valence-corrected chi connectivity index (χ3v) is 5.23. The van der Waals surface area contributed by atoms with Gasteiger partial charge in [-0.1, -0.05) is 66.7 Å². The fraction of sp³-hybridized carbons (Fsp3) is 0.0741. The maximum absolute atomic E-state index is 11.8. The first-order valence-corrected chi connectivity index (χ1v) is 10.2. The first-order valence-electron chi connectivity index (χ1n) is 10.2. The van der Waals surface area contributed by atoms with Gasteiger partial charge in [-0.2, -0.15) is 5.26 Å². The molecule has 4 rings (SSSR count). The van der Waals surface area contributed by atoms with Gasteiger partial charge in [0.15, 0.2) is 11.5 Å². The van der Waals surface area contributed by atoms with Crippen LogP contribution in [0.4, 0.5) is 5.69 Å². The highest BCUT2D eigenvalue weighted by molar-refractivity contribution is 5.95. The molecular formula is C27H20N2O4. The number of nitro groups is 1. The summed E-state index contributed by atoms with van der Waals surface area (Å²) >= 11 is 0. The Bertz CT molecular complexity index is 1390. The summed E-state index contributed by atoms with van der Waals surface area (Å²) < 4.78 is 11.2. The molecule has 6 heteroatoms. The standard InChI is InChI=1S/C27H20N2O4/c1-32-26-15-23(14-24(17-28)22-12-11-20-9-5-6-10-21(20)13-22)25(29(30)31)16-27(26)33-18-19-7-3-2-4-8-19/h2-16H,18H2,1H3/b24-14-. The Morgan fingerprint density at radius 2 is 1.70 bits per heavy atom. The van der Waals surface area contributed by atoms with Gasteiger partial charge < -0.3 is 9.47 Å². The third-order valence-electron chi connectivity index (χ3n) is 5.23. The Balaban J connectivity index is 1.74. The zero-order valence-electron chi connectivity index (χ0n) is 17.9. The van der Waals surface area contributed by atoms with Crippen LogP contribution in [-0.2, 0) is 6.61 Å². The molecule has 6 nitrogen and oxygen atoms in total. The minimum atomic E-state index is -0.490. The molecule has 0 aliphatic heterocycles. The Hall–Kier alpha value is -4.63. The molecule has 33 heavy (non-hydrogen) atoms. The molecule has 0 spiro atoms. The molecule has 0 amide bonds. The fourth-order valence-electron chi connectivity index (χ4n) is 3.54. The van der Waals surface area contributed by atoms with E-state index in [0.29, 0.717) is 16.9 Å². The minimum Gasteiger partial charge on any atom is -0.493 e. The van der Waals surface area contributed by atoms with Gasteiger partial charge in [0.2, 0.25) is 0 Å². The normalized spacial score (nSPS) is 11.1. The Morgan fingerprint density at radius 1 is 0.970 bits per heavy atom. The number of nitriles is 1. The topological polar surface area (TPSA) is 85.4 Å². The highest BCUT2D eigenvalue weighted by Gasteiger charge is 2.20. The Morgan fingerprint density at radius 3 is 2.39 bits per heavy atom. The van der Waals surface area contributed by atoms with E-state index in [1.807, 2.05) is 72.8 Å². The second-order valence-corrected chi connectivity index (χ2v) is 7.33. The van der Waals surface area contributed by atoms with Gasteiger partial charge in [0.25, 0.3) is 5.69 Å². The van der Waals surface area contributed by atoms with Crippen molar-refractivity contribution >= 4 is 28.1 Å². The number of nitro benzene ring substituents is 1. The van der Waals surface area contributed by atoms with Crippen molar-refractivity contribution in [3.8, 4) is 17.6 Å². The summed E-state index contributed by atoms with van der Waals surface area (Å²) in [5.74, 6) is 0.605. The molecular weight excluding hydrogens is 416 g/mol. The zero-order valence-corrected chi connectivity index (χ0v) is 17.9. The van der Waals surface area contributed by atoms with Crippen LogP contribution in [0, 0.1) is 21.4 Å². The monoisotopic (exact) mass is 436 g/mol. The summed E-state index contributed by atoms with van der Waals surface area (Å²) in [6.07, 6.45) is 1.51. The number of fused-ring (bicyclic) bond motifs is 1. The smallest absolute Gasteiger partial charge is 0.280 e. The number of ether oxygens (including phenoxy) is 2. The molecule has 0 fully saturated rings. The molecule has 0 atom stereocenters. The first kappa shape index (κ1) is 21.6. The predicted molar refractivity (Wildman–Crippen MR) is 128 cm³/mol. The predicted octanol–water partition coefficient (Wildman–Crippen LogP) is 6.40. The molecule has 0 heterocycles. The maximum atomic E-state index is 11.8. The molecule has 0 N–H and O–H groups in total. The van der Waals surface area contributed by atoms with E-state index in [1.54, 1.807) is 0 Å². The van der Waals surface area contributed by atoms with Gasteiger partial charge in [0.05, 0.1) is 35.3 Å². The number of benzene rings is 4. The Labute approximate surface area is 191 Å². The molecule has 4 aromatic rings. The number of hydrogen-bond acceptors (Lipinski definition) is 5. The molecule has 0 aliphatic carbocycles. The zero-order chi connectivity index (χ0) is 23.2. The van der Waals surface area contributed by atoms with Crippen molar-refractivity contribution in [2.45, 2.75) is 6.61 Å². The van der Waals surface area contributed by atoms with Crippen LogP contribution < -0.4 is 9.47 Å². The SMILES string of the molecule is COc1cc(/C=C(/C#N)c2ccc3ccccc3c2)c([N+](=O)[O-])cc1OCc1ccccc1. The van der Waals surface area contributed by atoms with Crippen LogP contribution in [0.3, 0.4) is 0 Å². The van der Waals surface area contributed by atoms with E-state index in [1.165, 1.54) is 25.3 Å². The number of rotatable bonds is 7. The van der Waals surface area contributed by atoms with E-state index in [9.17, 15) is 15.4 Å². The van der Waals surface area contributed by atoms with Crippen molar-refractivity contribution in [1.82, 2.24) is 0 Å². The summed E-state index contributed by atoms with van der Waals surface area (Å²) in [4.78, 5) is 11.3. The number of methoxy groups -OCH3 is 1. The first-order chi connectivity index (χ1) is 16.1. The summed E-state index contributed by atoms with van der Waals surface area (Å²) in [6, 6.07) is 28.0. The number of hydrogen-bond donors (Lipinski definition) is 0. The molecule has 0 radical (unpaired) electrons. The lowest BCUT2D eigenvalue weighted by molar-refractivity contribution is -0.385. The Kier molecular flexibility index (Phi) is 6.33. The molecule has 0 saturated carbocycles. The van der Waals surface area contributed by atoms with Crippen molar-refractivity contribution in [3.05, 3.63) is 112 Å². The van der Waals surface area contributed by atoms with Gasteiger partial charge in [0.1, 0.15) is 6.61 Å². The summed E-state index contributed by atoms with van der Waals surface area (Å²) in [6.45, 7) is 0.240. The van der Waals surface area contributed by atoms with Crippen molar-refractivity contribution < 1.29 is 14.4 Å². The van der Waals surface area contributed by atoms with E-state index >= 15 is 0 Å². The van der Waals surface area contributed by atoms with Crippen LogP contribution in [0.15, 0.2) is 84.9 Å². The van der Waals surface area contributed by atoms with Gasteiger partial charge in [0, 0.05) is 0 Å². The molecule has 162 valence electrons. The molecule has 0 bridgehead atoms. The lowest BCUT2D eigenvalue weighted by atomic mass is 9.99. The van der Waals surface area contributed by atoms with Crippen molar-refractivity contribution in [2.24, 2.45) is 0 Å². The molecule has 0 unspecified atom stereocenters. The van der Waals surface area contributed by atoms with Crippen LogP contribution in [0.5, 0.6) is 11.5 Å². The van der Waals surface area contributed by atoms with Crippen LogP contribution in [0.25, 0.3) is 22.4 Å². The van der Waals surface area contributed by atoms with Crippen molar-refractivity contribution in [1.29, 1.82) is 5.26 Å². The van der Waals surface area contributed by atoms with Gasteiger partial charge in [-0.15, -0.1) is 0 Å². The van der Waals surface area contributed by atoms with Crippen molar-refractivity contribution in [3.63, 3.8) is 0 Å². The molecule has 0 aliphatic rings. The summed E-state index contributed by atoms with van der Waals surface area (Å²) in [5, 5.41) is 23.6. The number of nitrogens with zero attached hydrogens (tertiary/aromatic N) is 2. The van der Waals surface area contributed by atoms with E-state index in [0.717, 1.165) is 16.3 Å². The fourth-order valence-corrected chi connectivity index (χ4v) is 3.54. The third kappa shape index (κ3) is 4.83. The molecule has 4 aromatic carbocycles. The summed E-state index contributed by atoms with van der Waals surface area (Å²) in [5.41, 5.74) is 1.99. The molecule has 0 aromatic heterocycles. The van der Waals surface area contributed by atoms with Gasteiger partial charge >= 0.3 is 0 Å². The average Bonchev–Trinajstić information content (AvgIpc) is 2.86. The van der Waals surface area contributed by atoms with E-state index in [4.69, 9.17) is 9.47 Å². The number of allylic oxidation sites excluding steroid dienone is 1. The van der Waals surface area contributed by atoms with E-state index in [2.05, 4.69) is 6.07 Å². The van der Waals surface area contributed by atoms with Gasteiger partial charge in [-0.05, 0) is 40.1 Å². The van der Waals surface area contributed by atoms with Crippen LogP contribution in [0.1, 0.15) is 16.7 Å². The highest BCUT2D eigenvalue weighted by Crippen LogP contribution is 2.37. The summed E-state index contributed by atoms with van der Waals surface area (Å²) in [7, 11) is 1.47. The average molecular weight is 436 g/mol. The largest absolute Gasteiger partial charge is 0.493 e. The van der Waals surface area contributed by atoms with Gasteiger partial charge in [-0.25, -0.2) is 0 Å².